The van der Waals surface area contributed by atoms with E-state index in [1.54, 1.807) is 11.5 Å². The zero-order valence-corrected chi connectivity index (χ0v) is 18.8. The highest BCUT2D eigenvalue weighted by Crippen LogP contribution is 2.30. The minimum Gasteiger partial charge on any atom is -0.460 e. The van der Waals surface area contributed by atoms with Crippen LogP contribution in [-0.2, 0) is 19.1 Å². The summed E-state index contributed by atoms with van der Waals surface area (Å²) < 4.78 is 16.7. The van der Waals surface area contributed by atoms with Gasteiger partial charge in [0.2, 0.25) is 5.91 Å². The average Bonchev–Trinajstić information content (AvgIpc) is 3.23. The second-order valence-corrected chi connectivity index (χ2v) is 8.59. The molecule has 0 radical (unpaired) electrons. The van der Waals surface area contributed by atoms with Gasteiger partial charge in [-0.2, -0.15) is 0 Å². The minimum atomic E-state index is -0.792. The molecule has 0 saturated heterocycles. The van der Waals surface area contributed by atoms with E-state index in [0.717, 1.165) is 31.1 Å². The van der Waals surface area contributed by atoms with E-state index in [0.29, 0.717) is 23.9 Å². The van der Waals surface area contributed by atoms with Gasteiger partial charge >= 0.3 is 0 Å². The molecule has 8 nitrogen and oxygen atoms in total. The lowest BCUT2D eigenvalue weighted by molar-refractivity contribution is -0.133. The molecule has 0 aliphatic heterocycles. The van der Waals surface area contributed by atoms with Crippen LogP contribution in [0.3, 0.4) is 0 Å². The quantitative estimate of drug-likeness (QED) is 0.210. The largest absolute Gasteiger partial charge is 0.460 e. The van der Waals surface area contributed by atoms with Crippen molar-refractivity contribution in [1.82, 2.24) is 10.8 Å². The summed E-state index contributed by atoms with van der Waals surface area (Å²) in [5.74, 6) is -0.366. The van der Waals surface area contributed by atoms with Gasteiger partial charge < -0.3 is 19.2 Å². The second-order valence-electron chi connectivity index (χ2n) is 8.59. The van der Waals surface area contributed by atoms with Crippen LogP contribution in [0.5, 0.6) is 0 Å². The van der Waals surface area contributed by atoms with Crippen molar-refractivity contribution in [2.24, 2.45) is 11.8 Å². The predicted octanol–water partition coefficient (Wildman–Crippen LogP) is 3.73. The zero-order valence-electron chi connectivity index (χ0n) is 18.8. The molecule has 3 N–H and O–H groups in total. The van der Waals surface area contributed by atoms with E-state index in [1.807, 2.05) is 31.2 Å². The van der Waals surface area contributed by atoms with Crippen molar-refractivity contribution in [2.45, 2.75) is 57.9 Å². The van der Waals surface area contributed by atoms with Crippen LogP contribution in [0.15, 0.2) is 34.7 Å². The molecule has 1 aliphatic rings. The lowest BCUT2D eigenvalue weighted by Gasteiger charge is -2.28. The van der Waals surface area contributed by atoms with Crippen LogP contribution in [0, 0.1) is 11.8 Å². The van der Waals surface area contributed by atoms with Crippen LogP contribution in [0.4, 0.5) is 0 Å². The van der Waals surface area contributed by atoms with Gasteiger partial charge in [-0.15, -0.1) is 0 Å². The molecule has 2 amide bonds. The summed E-state index contributed by atoms with van der Waals surface area (Å²) >= 11 is 0. The number of fused-ring (bicyclic) bond motifs is 1. The molecule has 2 aromatic rings. The number of para-hydroxylation sites is 1. The van der Waals surface area contributed by atoms with Crippen molar-refractivity contribution < 1.29 is 28.7 Å². The number of nitrogens with one attached hydrogen (secondary N) is 2. The number of furan rings is 1. The molecule has 1 aliphatic carbocycles. The number of benzene rings is 1. The van der Waals surface area contributed by atoms with Crippen molar-refractivity contribution in [3.63, 3.8) is 0 Å². The Morgan fingerprint density at radius 3 is 2.62 bits per heavy atom. The fourth-order valence-corrected chi connectivity index (χ4v) is 4.23. The molecule has 1 heterocycles. The molecule has 32 heavy (non-hydrogen) atoms. The highest BCUT2D eigenvalue weighted by molar-refractivity contribution is 5.85. The third kappa shape index (κ3) is 6.54. The van der Waals surface area contributed by atoms with Crippen molar-refractivity contribution in [2.75, 3.05) is 20.0 Å². The van der Waals surface area contributed by atoms with E-state index in [1.165, 1.54) is 0 Å². The van der Waals surface area contributed by atoms with Gasteiger partial charge in [0.05, 0.1) is 12.6 Å². The second kappa shape index (κ2) is 12.0. The number of carbonyl (C=O) groups excluding carboxylic acids is 2. The number of hydrogen-bond donors (Lipinski definition) is 3. The van der Waals surface area contributed by atoms with Crippen LogP contribution in [-0.4, -0.2) is 43.1 Å². The number of amides is 2. The maximum absolute atomic E-state index is 12.9. The monoisotopic (exact) mass is 446 g/mol. The number of ether oxygens (including phenoxy) is 2. The third-order valence-electron chi connectivity index (χ3n) is 6.16. The van der Waals surface area contributed by atoms with Gasteiger partial charge in [-0.1, -0.05) is 25.1 Å². The summed E-state index contributed by atoms with van der Waals surface area (Å²) in [5, 5.41) is 13.3. The van der Waals surface area contributed by atoms with Crippen molar-refractivity contribution in [3.05, 3.63) is 36.1 Å². The summed E-state index contributed by atoms with van der Waals surface area (Å²) in [6.07, 6.45) is 4.02. The number of rotatable bonds is 11. The van der Waals surface area contributed by atoms with E-state index >= 15 is 0 Å². The summed E-state index contributed by atoms with van der Waals surface area (Å²) in [6.45, 7) is 4.89. The van der Waals surface area contributed by atoms with Crippen LogP contribution in [0.25, 0.3) is 11.0 Å². The van der Waals surface area contributed by atoms with Gasteiger partial charge in [0.15, 0.2) is 0 Å². The smallest absolute Gasteiger partial charge is 0.254 e. The van der Waals surface area contributed by atoms with E-state index in [2.05, 4.69) is 12.2 Å². The number of hydrogen-bond acceptors (Lipinski definition) is 6. The van der Waals surface area contributed by atoms with E-state index in [-0.39, 0.29) is 31.6 Å². The van der Waals surface area contributed by atoms with E-state index < -0.39 is 17.9 Å². The predicted molar refractivity (Wildman–Crippen MR) is 119 cm³/mol. The Hall–Kier alpha value is -2.42. The number of hydroxylamine groups is 1. The maximum atomic E-state index is 12.9. The molecule has 3 rings (SSSR count). The van der Waals surface area contributed by atoms with Crippen LogP contribution >= 0.6 is 0 Å². The lowest BCUT2D eigenvalue weighted by atomic mass is 9.82. The molecule has 1 aromatic carbocycles. The molecule has 1 fully saturated rings. The standard InChI is InChI=1S/C24H34N2O6/c1-3-30-15-31-14-19(25-23(27)17-10-8-16(2)9-11-17)13-20(24(28)26-29)22-12-18-6-4-5-7-21(18)32-22/h4-7,12,16-17,19-20,29H,3,8-11,13-15H2,1-2H3,(H,25,27)(H,26,28)/t16-,17-,19-,20+/m0/s1. The summed E-state index contributed by atoms with van der Waals surface area (Å²) in [6, 6.07) is 8.80. The fourth-order valence-electron chi connectivity index (χ4n) is 4.23. The maximum Gasteiger partial charge on any atom is 0.254 e. The van der Waals surface area contributed by atoms with Crippen LogP contribution in [0.1, 0.15) is 57.6 Å². The van der Waals surface area contributed by atoms with Gasteiger partial charge in [-0.05, 0) is 57.1 Å². The first kappa shape index (κ1) is 24.2. The first-order valence-electron chi connectivity index (χ1n) is 11.4. The third-order valence-corrected chi connectivity index (χ3v) is 6.16. The summed E-state index contributed by atoms with van der Waals surface area (Å²) in [4.78, 5) is 25.5. The minimum absolute atomic E-state index is 0.0188. The van der Waals surface area contributed by atoms with Crippen molar-refractivity contribution in [3.8, 4) is 0 Å². The Bertz CT molecular complexity index is 841. The first-order chi connectivity index (χ1) is 15.5. The molecule has 0 bridgehead atoms. The first-order valence-corrected chi connectivity index (χ1v) is 11.4. The zero-order chi connectivity index (χ0) is 22.9. The van der Waals surface area contributed by atoms with Gasteiger partial charge in [-0.3, -0.25) is 14.8 Å². The van der Waals surface area contributed by atoms with E-state index in [9.17, 15) is 14.8 Å². The highest BCUT2D eigenvalue weighted by atomic mass is 16.7. The highest BCUT2D eigenvalue weighted by Gasteiger charge is 2.31. The molecule has 1 saturated carbocycles. The van der Waals surface area contributed by atoms with Crippen LogP contribution < -0.4 is 10.8 Å². The Morgan fingerprint density at radius 2 is 1.94 bits per heavy atom. The molecule has 0 spiro atoms. The van der Waals surface area contributed by atoms with E-state index in [4.69, 9.17) is 13.9 Å². The van der Waals surface area contributed by atoms with Gasteiger partial charge in [-0.25, -0.2) is 5.48 Å². The Kier molecular flexibility index (Phi) is 9.08. The molecular weight excluding hydrogens is 412 g/mol. The summed E-state index contributed by atoms with van der Waals surface area (Å²) in [5.41, 5.74) is 2.39. The van der Waals surface area contributed by atoms with Crippen LogP contribution in [0.2, 0.25) is 0 Å². The van der Waals surface area contributed by atoms with Crippen molar-refractivity contribution >= 4 is 22.8 Å². The molecule has 176 valence electrons. The SMILES string of the molecule is CCOCOC[C@H](C[C@@H](C(=O)NO)c1cc2ccccc2o1)NC(=O)[C@H]1CC[C@H](C)CC1. The molecular formula is C24H34N2O6. The lowest BCUT2D eigenvalue weighted by Crippen LogP contribution is -2.44. The molecule has 1 aromatic heterocycles. The Balaban J connectivity index is 1.74. The van der Waals surface area contributed by atoms with Gasteiger partial charge in [0, 0.05) is 17.9 Å². The molecule has 0 unspecified atom stereocenters. The van der Waals surface area contributed by atoms with Crippen molar-refractivity contribution in [1.29, 1.82) is 0 Å². The van der Waals surface area contributed by atoms with Gasteiger partial charge in [0.1, 0.15) is 24.1 Å². The fraction of sp³-hybridized carbons (Fsp3) is 0.583. The topological polar surface area (TPSA) is 110 Å². The average molecular weight is 447 g/mol. The van der Waals surface area contributed by atoms with Gasteiger partial charge in [0.25, 0.3) is 5.91 Å². The molecule has 2 atom stereocenters. The number of carbonyl (C=O) groups is 2. The Labute approximate surface area is 188 Å². The molecule has 8 heteroatoms. The normalized spacial score (nSPS) is 20.6. The Morgan fingerprint density at radius 1 is 1.19 bits per heavy atom. The summed E-state index contributed by atoms with van der Waals surface area (Å²) in [7, 11) is 0.